The number of rotatable bonds is 6. The maximum absolute atomic E-state index is 14.6. The summed E-state index contributed by atoms with van der Waals surface area (Å²) in [5.74, 6) is 1.39. The molecule has 0 aromatic carbocycles. The molecule has 184 valence electrons. The molecule has 1 fully saturated rings. The first-order valence-corrected chi connectivity index (χ1v) is 12.8. The molecule has 5 heterocycles. The Labute approximate surface area is 205 Å². The summed E-state index contributed by atoms with van der Waals surface area (Å²) < 4.78 is 37.0. The summed E-state index contributed by atoms with van der Waals surface area (Å²) in [6, 6.07) is 5.10. The lowest BCUT2D eigenvalue weighted by atomic mass is 9.96. The maximum atomic E-state index is 14.6. The van der Waals surface area contributed by atoms with Gasteiger partial charge in [-0.3, -0.25) is 4.55 Å². The monoisotopic (exact) mass is 498 g/mol. The van der Waals surface area contributed by atoms with Crippen molar-refractivity contribution in [3.63, 3.8) is 0 Å². The molecule has 3 aromatic rings. The zero-order valence-corrected chi connectivity index (χ0v) is 20.2. The van der Waals surface area contributed by atoms with E-state index in [1.165, 1.54) is 6.07 Å². The summed E-state index contributed by atoms with van der Waals surface area (Å²) in [6.07, 6.45) is 7.55. The minimum absolute atomic E-state index is 0.0668. The van der Waals surface area contributed by atoms with Crippen LogP contribution in [0.2, 0.25) is 0 Å². The Bertz CT molecular complexity index is 1210. The Hall–Kier alpha value is -3.09. The van der Waals surface area contributed by atoms with Crippen molar-refractivity contribution in [2.75, 3.05) is 36.0 Å². The average Bonchev–Trinajstić information content (AvgIpc) is 2.88. The molecule has 2 N–H and O–H groups in total. The first-order chi connectivity index (χ1) is 17.0. The number of hydrogen-bond donors (Lipinski definition) is 2. The van der Waals surface area contributed by atoms with Crippen molar-refractivity contribution >= 4 is 22.8 Å². The van der Waals surface area contributed by atoms with Gasteiger partial charge in [-0.05, 0) is 31.7 Å². The van der Waals surface area contributed by atoms with Gasteiger partial charge < -0.3 is 9.80 Å². The summed E-state index contributed by atoms with van der Waals surface area (Å²) in [7, 11) is 0. The van der Waals surface area contributed by atoms with Gasteiger partial charge in [0.25, 0.3) is 0 Å². The summed E-state index contributed by atoms with van der Waals surface area (Å²) in [5.41, 5.74) is 2.73. The highest BCUT2D eigenvalue weighted by molar-refractivity contribution is 7.77. The van der Waals surface area contributed by atoms with Crippen LogP contribution < -0.4 is 14.5 Å². The number of hydrogen-bond acceptors (Lipinski definition) is 8. The SMILES string of the molecule is CC1c2cnc(-c3ncccn3)nc2CCN1c1cc(N2CCC(CNS(=O)O)CC2)cc(F)n1. The topological polar surface area (TPSA) is 120 Å². The van der Waals surface area contributed by atoms with Gasteiger partial charge in [-0.1, -0.05) is 0 Å². The highest BCUT2D eigenvalue weighted by Gasteiger charge is 2.28. The van der Waals surface area contributed by atoms with E-state index in [4.69, 9.17) is 9.54 Å². The van der Waals surface area contributed by atoms with Crippen LogP contribution in [-0.4, -0.2) is 59.9 Å². The molecule has 12 heteroatoms. The van der Waals surface area contributed by atoms with Crippen molar-refractivity contribution in [3.05, 3.63) is 54.0 Å². The molecular weight excluding hydrogens is 471 g/mol. The highest BCUT2D eigenvalue weighted by Crippen LogP contribution is 2.34. The Morgan fingerprint density at radius 3 is 2.63 bits per heavy atom. The zero-order chi connectivity index (χ0) is 24.4. The van der Waals surface area contributed by atoms with E-state index in [0.29, 0.717) is 42.9 Å². The van der Waals surface area contributed by atoms with E-state index in [-0.39, 0.29) is 6.04 Å². The highest BCUT2D eigenvalue weighted by atomic mass is 32.2. The number of pyridine rings is 1. The van der Waals surface area contributed by atoms with Crippen LogP contribution in [0.3, 0.4) is 0 Å². The number of fused-ring (bicyclic) bond motifs is 1. The number of nitrogens with one attached hydrogen (secondary N) is 1. The third-order valence-electron chi connectivity index (χ3n) is 6.71. The van der Waals surface area contributed by atoms with E-state index < -0.39 is 17.2 Å². The van der Waals surface area contributed by atoms with E-state index in [9.17, 15) is 8.60 Å². The lowest BCUT2D eigenvalue weighted by Crippen LogP contribution is -2.38. The molecule has 2 atom stereocenters. The Kier molecular flexibility index (Phi) is 6.93. The standard InChI is InChI=1S/C23H27FN8O2S/c1-15-18-14-27-23(22-25-6-2-7-26-22)29-19(18)5-10-32(15)21-12-17(11-20(24)30-21)31-8-3-16(4-9-31)13-28-35(33)34/h2,6-7,11-12,14-16,28H,3-5,8-10,13H2,1H3,(H,33,34). The van der Waals surface area contributed by atoms with E-state index in [1.807, 2.05) is 12.3 Å². The second-order valence-corrected chi connectivity index (χ2v) is 9.61. The normalized spacial score (nSPS) is 19.5. The van der Waals surface area contributed by atoms with Crippen LogP contribution in [0, 0.1) is 11.9 Å². The van der Waals surface area contributed by atoms with Crippen LogP contribution in [0.25, 0.3) is 11.6 Å². The van der Waals surface area contributed by atoms with Gasteiger partial charge in [-0.15, -0.1) is 0 Å². The third kappa shape index (κ3) is 5.29. The second-order valence-electron chi connectivity index (χ2n) is 8.82. The Morgan fingerprint density at radius 2 is 1.89 bits per heavy atom. The molecular formula is C23H27FN8O2S. The van der Waals surface area contributed by atoms with Crippen molar-refractivity contribution in [1.29, 1.82) is 0 Å². The Balaban J connectivity index is 1.32. The fourth-order valence-corrected chi connectivity index (χ4v) is 5.16. The number of piperidine rings is 1. The lowest BCUT2D eigenvalue weighted by molar-refractivity contribution is 0.399. The summed E-state index contributed by atoms with van der Waals surface area (Å²) in [6.45, 7) is 4.71. The molecule has 35 heavy (non-hydrogen) atoms. The van der Waals surface area contributed by atoms with E-state index in [0.717, 1.165) is 42.9 Å². The fourth-order valence-electron chi connectivity index (χ4n) is 4.78. The van der Waals surface area contributed by atoms with Gasteiger partial charge in [0.15, 0.2) is 11.6 Å². The van der Waals surface area contributed by atoms with Gasteiger partial charge in [0.1, 0.15) is 5.82 Å². The second kappa shape index (κ2) is 10.3. The van der Waals surface area contributed by atoms with Gasteiger partial charge in [0.2, 0.25) is 17.2 Å². The minimum Gasteiger partial charge on any atom is -0.371 e. The molecule has 3 aromatic heterocycles. The molecule has 0 spiro atoms. The largest absolute Gasteiger partial charge is 0.371 e. The molecule has 0 saturated carbocycles. The van der Waals surface area contributed by atoms with E-state index >= 15 is 0 Å². The van der Waals surface area contributed by atoms with Crippen molar-refractivity contribution in [3.8, 4) is 11.6 Å². The predicted octanol–water partition coefficient (Wildman–Crippen LogP) is 2.53. The van der Waals surface area contributed by atoms with Gasteiger partial charge in [-0.2, -0.15) is 4.39 Å². The van der Waals surface area contributed by atoms with Crippen LogP contribution in [-0.2, 0) is 17.7 Å². The van der Waals surface area contributed by atoms with Gasteiger partial charge in [0.05, 0.1) is 11.7 Å². The molecule has 5 rings (SSSR count). The molecule has 1 saturated heterocycles. The van der Waals surface area contributed by atoms with Crippen LogP contribution in [0.5, 0.6) is 0 Å². The van der Waals surface area contributed by atoms with Gasteiger partial charge in [-0.25, -0.2) is 33.9 Å². The molecule has 2 unspecified atom stereocenters. The Morgan fingerprint density at radius 1 is 1.11 bits per heavy atom. The smallest absolute Gasteiger partial charge is 0.231 e. The maximum Gasteiger partial charge on any atom is 0.231 e. The van der Waals surface area contributed by atoms with E-state index in [2.05, 4.69) is 41.4 Å². The fraction of sp³-hybridized carbons (Fsp3) is 0.435. The van der Waals surface area contributed by atoms with Crippen LogP contribution in [0.1, 0.15) is 37.1 Å². The van der Waals surface area contributed by atoms with Crippen molar-refractivity contribution < 1.29 is 13.2 Å². The van der Waals surface area contributed by atoms with Crippen LogP contribution in [0.4, 0.5) is 15.9 Å². The number of anilines is 2. The number of halogens is 1. The molecule has 0 aliphatic carbocycles. The first kappa shape index (κ1) is 23.6. The predicted molar refractivity (Wildman–Crippen MR) is 130 cm³/mol. The quantitative estimate of drug-likeness (QED) is 0.390. The van der Waals surface area contributed by atoms with Crippen molar-refractivity contribution in [2.45, 2.75) is 32.2 Å². The van der Waals surface area contributed by atoms with Crippen LogP contribution in [0.15, 0.2) is 36.8 Å². The molecule has 10 nitrogen and oxygen atoms in total. The number of nitrogens with zero attached hydrogens (tertiary/aromatic N) is 7. The van der Waals surface area contributed by atoms with E-state index in [1.54, 1.807) is 18.5 Å². The van der Waals surface area contributed by atoms with Crippen molar-refractivity contribution in [2.24, 2.45) is 5.92 Å². The van der Waals surface area contributed by atoms with Gasteiger partial charge >= 0.3 is 0 Å². The molecule has 0 radical (unpaired) electrons. The van der Waals surface area contributed by atoms with Crippen LogP contribution >= 0.6 is 0 Å². The lowest BCUT2D eigenvalue weighted by Gasteiger charge is -2.37. The summed E-state index contributed by atoms with van der Waals surface area (Å²) in [4.78, 5) is 26.1. The molecule has 0 bridgehead atoms. The summed E-state index contributed by atoms with van der Waals surface area (Å²) >= 11 is -1.99. The van der Waals surface area contributed by atoms with Crippen molar-refractivity contribution in [1.82, 2.24) is 29.6 Å². The molecule has 2 aliphatic rings. The molecule has 2 aliphatic heterocycles. The average molecular weight is 499 g/mol. The van der Waals surface area contributed by atoms with Gasteiger partial charge in [0, 0.05) is 74.6 Å². The number of aromatic nitrogens is 5. The minimum atomic E-state index is -1.99. The summed E-state index contributed by atoms with van der Waals surface area (Å²) in [5, 5.41) is 0. The molecule has 0 amide bonds. The first-order valence-electron chi connectivity index (χ1n) is 11.6. The third-order valence-corrected chi connectivity index (χ3v) is 7.12. The zero-order valence-electron chi connectivity index (χ0n) is 19.3.